The summed E-state index contributed by atoms with van der Waals surface area (Å²) in [6, 6.07) is 14.0. The molecule has 3 amide bonds. The summed E-state index contributed by atoms with van der Waals surface area (Å²) in [4.78, 5) is 42.7. The van der Waals surface area contributed by atoms with Crippen LogP contribution < -0.4 is 10.6 Å². The molecule has 8 nitrogen and oxygen atoms in total. The highest BCUT2D eigenvalue weighted by Crippen LogP contribution is 2.30. The fourth-order valence-corrected chi connectivity index (χ4v) is 4.80. The van der Waals surface area contributed by atoms with E-state index in [0.717, 1.165) is 50.5 Å². The van der Waals surface area contributed by atoms with E-state index in [-0.39, 0.29) is 18.1 Å². The molecule has 2 atom stereocenters. The summed E-state index contributed by atoms with van der Waals surface area (Å²) in [6.07, 6.45) is 7.09. The molecule has 0 bridgehead atoms. The molecule has 42 heavy (non-hydrogen) atoms. The third-order valence-electron chi connectivity index (χ3n) is 6.93. The smallest absolute Gasteiger partial charge is 0.408 e. The molecule has 8 heteroatoms. The molecule has 0 heterocycles. The number of nitrogens with one attached hydrogen (secondary N) is 2. The van der Waals surface area contributed by atoms with Crippen molar-refractivity contribution in [3.8, 4) is 5.75 Å². The number of alkyl carbamates (subject to hydrolysis) is 1. The van der Waals surface area contributed by atoms with Gasteiger partial charge < -0.3 is 25.4 Å². The zero-order valence-corrected chi connectivity index (χ0v) is 26.2. The van der Waals surface area contributed by atoms with Crippen LogP contribution in [0, 0.1) is 0 Å². The fraction of sp³-hybridized carbons (Fsp3) is 0.559. The number of nitrogens with zero attached hydrogens (tertiary/aromatic N) is 1. The second-order valence-corrected chi connectivity index (χ2v) is 11.8. The first-order valence-corrected chi connectivity index (χ1v) is 15.5. The Morgan fingerprint density at radius 3 is 2.12 bits per heavy atom. The van der Waals surface area contributed by atoms with Gasteiger partial charge in [0.15, 0.2) is 0 Å². The number of phenols is 1. The van der Waals surface area contributed by atoms with Crippen LogP contribution in [0.1, 0.15) is 103 Å². The van der Waals surface area contributed by atoms with Crippen LogP contribution in [0.4, 0.5) is 4.79 Å². The second-order valence-electron chi connectivity index (χ2n) is 11.8. The number of phenolic OH excluding ortho intramolecular Hbond substituents is 1. The highest BCUT2D eigenvalue weighted by molar-refractivity contribution is 5.92. The Bertz CT molecular complexity index is 1100. The molecule has 2 unspecified atom stereocenters. The SMILES string of the molecule is CCCCCCCN(C(=O)C(Cc1ccccc1)NC(=O)OC(C)(C)C)C(C(=O)NCCCCC)c1ccccc1O. The maximum Gasteiger partial charge on any atom is 0.408 e. The predicted octanol–water partition coefficient (Wildman–Crippen LogP) is 6.67. The lowest BCUT2D eigenvalue weighted by Crippen LogP contribution is -2.54. The highest BCUT2D eigenvalue weighted by atomic mass is 16.6. The van der Waals surface area contributed by atoms with Crippen LogP contribution in [-0.4, -0.2) is 52.6 Å². The first-order chi connectivity index (χ1) is 20.1. The molecule has 232 valence electrons. The quantitative estimate of drug-likeness (QED) is 0.181. The summed E-state index contributed by atoms with van der Waals surface area (Å²) in [5.74, 6) is -0.822. The summed E-state index contributed by atoms with van der Waals surface area (Å²) in [5, 5.41) is 16.6. The van der Waals surface area contributed by atoms with Crippen molar-refractivity contribution in [3.63, 3.8) is 0 Å². The van der Waals surface area contributed by atoms with Gasteiger partial charge in [0.1, 0.15) is 23.4 Å². The van der Waals surface area contributed by atoms with Crippen LogP contribution >= 0.6 is 0 Å². The lowest BCUT2D eigenvalue weighted by atomic mass is 9.99. The first-order valence-electron chi connectivity index (χ1n) is 15.5. The van der Waals surface area contributed by atoms with Gasteiger partial charge >= 0.3 is 6.09 Å². The minimum atomic E-state index is -1.06. The Morgan fingerprint density at radius 2 is 1.48 bits per heavy atom. The van der Waals surface area contributed by atoms with Gasteiger partial charge in [-0.25, -0.2) is 4.79 Å². The lowest BCUT2D eigenvalue weighted by molar-refractivity contribution is -0.142. The summed E-state index contributed by atoms with van der Waals surface area (Å²) in [6.45, 7) is 10.3. The number of rotatable bonds is 17. The largest absolute Gasteiger partial charge is 0.508 e. The fourth-order valence-electron chi connectivity index (χ4n) is 4.80. The zero-order chi connectivity index (χ0) is 31.0. The van der Waals surface area contributed by atoms with Crippen molar-refractivity contribution in [2.45, 2.75) is 110 Å². The van der Waals surface area contributed by atoms with Crippen molar-refractivity contribution in [3.05, 3.63) is 65.7 Å². The molecule has 2 rings (SSSR count). The van der Waals surface area contributed by atoms with E-state index in [1.807, 2.05) is 30.3 Å². The summed E-state index contributed by atoms with van der Waals surface area (Å²) >= 11 is 0. The number of hydrogen-bond acceptors (Lipinski definition) is 5. The van der Waals surface area contributed by atoms with Crippen LogP contribution in [0.3, 0.4) is 0 Å². The number of amides is 3. The van der Waals surface area contributed by atoms with Gasteiger partial charge in [-0.05, 0) is 45.2 Å². The van der Waals surface area contributed by atoms with Crippen LogP contribution in [0.5, 0.6) is 5.75 Å². The van der Waals surface area contributed by atoms with Crippen LogP contribution in [0.25, 0.3) is 0 Å². The van der Waals surface area contributed by atoms with Crippen molar-refractivity contribution < 1.29 is 24.2 Å². The standard InChI is InChI=1S/C34H51N3O5/c1-6-8-10-11-18-24-37(30(27-21-15-16-22-29(27)38)31(39)35-23-17-9-7-2)32(40)28(25-26-19-13-12-14-20-26)36-33(41)42-34(3,4)5/h12-16,19-22,28,30,38H,6-11,17-18,23-25H2,1-5H3,(H,35,39)(H,36,41). The number of hydrogen-bond donors (Lipinski definition) is 3. The van der Waals surface area contributed by atoms with Gasteiger partial charge in [0.2, 0.25) is 11.8 Å². The number of para-hydroxylation sites is 1. The molecule has 0 aromatic heterocycles. The minimum absolute atomic E-state index is 0.0605. The van der Waals surface area contributed by atoms with Crippen LogP contribution in [0.15, 0.2) is 54.6 Å². The van der Waals surface area contributed by atoms with Crippen LogP contribution in [-0.2, 0) is 20.7 Å². The summed E-state index contributed by atoms with van der Waals surface area (Å²) in [5.41, 5.74) is 0.459. The van der Waals surface area contributed by atoms with E-state index in [1.165, 1.54) is 11.0 Å². The molecule has 0 fully saturated rings. The minimum Gasteiger partial charge on any atom is -0.508 e. The Balaban J connectivity index is 2.51. The maximum absolute atomic E-state index is 14.5. The second kappa shape index (κ2) is 18.1. The Labute approximate surface area is 252 Å². The number of unbranched alkanes of at least 4 members (excludes halogenated alkanes) is 6. The van der Waals surface area contributed by atoms with Gasteiger partial charge in [-0.2, -0.15) is 0 Å². The molecule has 2 aromatic carbocycles. The van der Waals surface area contributed by atoms with Gasteiger partial charge in [0, 0.05) is 25.1 Å². The van der Waals surface area contributed by atoms with Crippen LogP contribution in [0.2, 0.25) is 0 Å². The molecule has 0 saturated heterocycles. The Kier molecular flexibility index (Phi) is 14.9. The van der Waals surface area contributed by atoms with E-state index in [2.05, 4.69) is 24.5 Å². The van der Waals surface area contributed by atoms with E-state index in [4.69, 9.17) is 4.74 Å². The van der Waals surface area contributed by atoms with Crippen molar-refractivity contribution in [2.75, 3.05) is 13.1 Å². The number of benzene rings is 2. The number of aromatic hydroxyl groups is 1. The third kappa shape index (κ3) is 12.1. The van der Waals surface area contributed by atoms with Gasteiger partial charge in [-0.3, -0.25) is 9.59 Å². The molecule has 0 aliphatic carbocycles. The van der Waals surface area contributed by atoms with Crippen molar-refractivity contribution >= 4 is 17.9 Å². The van der Waals surface area contributed by atoms with Gasteiger partial charge in [-0.15, -0.1) is 0 Å². The van der Waals surface area contributed by atoms with Crippen molar-refractivity contribution in [2.24, 2.45) is 0 Å². The molecule has 0 saturated carbocycles. The Hall–Kier alpha value is -3.55. The van der Waals surface area contributed by atoms with E-state index in [1.54, 1.807) is 39.0 Å². The summed E-state index contributed by atoms with van der Waals surface area (Å²) in [7, 11) is 0. The predicted molar refractivity (Wildman–Crippen MR) is 167 cm³/mol. The van der Waals surface area contributed by atoms with Gasteiger partial charge in [-0.1, -0.05) is 101 Å². The normalized spacial score (nSPS) is 12.7. The topological polar surface area (TPSA) is 108 Å². The maximum atomic E-state index is 14.5. The highest BCUT2D eigenvalue weighted by Gasteiger charge is 2.37. The molecular formula is C34H51N3O5. The van der Waals surface area contributed by atoms with E-state index in [0.29, 0.717) is 25.1 Å². The van der Waals surface area contributed by atoms with Crippen molar-refractivity contribution in [1.29, 1.82) is 0 Å². The Morgan fingerprint density at radius 1 is 0.857 bits per heavy atom. The number of carbonyl (C=O) groups is 3. The van der Waals surface area contributed by atoms with Gasteiger partial charge in [0.05, 0.1) is 0 Å². The van der Waals surface area contributed by atoms with Gasteiger partial charge in [0.25, 0.3) is 0 Å². The van der Waals surface area contributed by atoms with E-state index >= 15 is 0 Å². The first kappa shape index (κ1) is 34.7. The third-order valence-corrected chi connectivity index (χ3v) is 6.93. The lowest BCUT2D eigenvalue weighted by Gasteiger charge is -2.35. The van der Waals surface area contributed by atoms with E-state index < -0.39 is 29.7 Å². The summed E-state index contributed by atoms with van der Waals surface area (Å²) < 4.78 is 5.51. The molecule has 0 aliphatic rings. The van der Waals surface area contributed by atoms with E-state index in [9.17, 15) is 19.5 Å². The molecule has 0 spiro atoms. The molecule has 0 radical (unpaired) electrons. The number of ether oxygens (including phenoxy) is 1. The monoisotopic (exact) mass is 581 g/mol. The molecule has 0 aliphatic heterocycles. The molecular weight excluding hydrogens is 530 g/mol. The number of carbonyl (C=O) groups excluding carboxylic acids is 3. The van der Waals surface area contributed by atoms with Crippen molar-refractivity contribution in [1.82, 2.24) is 15.5 Å². The zero-order valence-electron chi connectivity index (χ0n) is 26.2. The molecule has 2 aromatic rings. The molecule has 3 N–H and O–H groups in total. The average molecular weight is 582 g/mol. The average Bonchev–Trinajstić information content (AvgIpc) is 2.94.